The van der Waals surface area contributed by atoms with Crippen LogP contribution in [0.5, 0.6) is 0 Å². The van der Waals surface area contributed by atoms with Crippen LogP contribution >= 0.6 is 0 Å². The molecule has 3 rings (SSSR count). The fourth-order valence-corrected chi connectivity index (χ4v) is 3.66. The summed E-state index contributed by atoms with van der Waals surface area (Å²) < 4.78 is 0. The van der Waals surface area contributed by atoms with Crippen molar-refractivity contribution in [1.29, 1.82) is 0 Å². The van der Waals surface area contributed by atoms with E-state index in [1.165, 1.54) is 44.9 Å². The van der Waals surface area contributed by atoms with E-state index in [0.29, 0.717) is 0 Å². The maximum atomic E-state index is 12.2. The van der Waals surface area contributed by atoms with Gasteiger partial charge >= 0.3 is 0 Å². The average Bonchev–Trinajstić information content (AvgIpc) is 2.65. The maximum Gasteiger partial charge on any atom is 0.227 e. The van der Waals surface area contributed by atoms with Gasteiger partial charge in [0.05, 0.1) is 11.9 Å². The van der Waals surface area contributed by atoms with Crippen molar-refractivity contribution >= 4 is 17.4 Å². The lowest BCUT2D eigenvalue weighted by molar-refractivity contribution is -0.120. The molecule has 0 spiro atoms. The molecule has 1 aromatic rings. The Balaban J connectivity index is 1.42. The van der Waals surface area contributed by atoms with E-state index in [0.717, 1.165) is 37.3 Å². The van der Waals surface area contributed by atoms with Gasteiger partial charge in [0.2, 0.25) is 5.91 Å². The zero-order chi connectivity index (χ0) is 16.6. The van der Waals surface area contributed by atoms with Crippen molar-refractivity contribution in [1.82, 2.24) is 4.98 Å². The minimum atomic E-state index is 0.154. The molecule has 1 saturated carbocycles. The average molecular weight is 327 g/mol. The number of carbonyl (C=O) groups excluding carboxylic acids is 1. The number of hydrogen-bond acceptors (Lipinski definition) is 3. The monoisotopic (exact) mass is 327 g/mol. The van der Waals surface area contributed by atoms with Crippen LogP contribution in [0.25, 0.3) is 0 Å². The van der Waals surface area contributed by atoms with Crippen LogP contribution < -0.4 is 10.6 Å². The highest BCUT2D eigenvalue weighted by Crippen LogP contribution is 2.25. The van der Waals surface area contributed by atoms with Crippen LogP contribution in [0.15, 0.2) is 30.0 Å². The van der Waals surface area contributed by atoms with Crippen LogP contribution in [0.3, 0.4) is 0 Å². The van der Waals surface area contributed by atoms with E-state index >= 15 is 0 Å². The van der Waals surface area contributed by atoms with Gasteiger partial charge in [0.25, 0.3) is 0 Å². The Morgan fingerprint density at radius 3 is 2.71 bits per heavy atom. The molecule has 1 amide bonds. The Morgan fingerprint density at radius 1 is 1.12 bits per heavy atom. The molecule has 1 heterocycles. The van der Waals surface area contributed by atoms with Crippen LogP contribution in [0.1, 0.15) is 64.2 Å². The maximum absolute atomic E-state index is 12.2. The highest BCUT2D eigenvalue weighted by molar-refractivity contribution is 5.92. The molecular formula is C20H29N3O. The SMILES string of the molecule is O=C(Nc1ccc(NCCC2=CCCCC2)nc1)C1CCCCC1. The molecule has 0 aliphatic heterocycles. The summed E-state index contributed by atoms with van der Waals surface area (Å²) in [6.07, 6.45) is 16.1. The molecule has 2 aliphatic carbocycles. The molecule has 1 aromatic heterocycles. The second-order valence-electron chi connectivity index (χ2n) is 7.04. The second kappa shape index (κ2) is 8.86. The number of pyridine rings is 1. The first kappa shape index (κ1) is 17.0. The molecule has 4 nitrogen and oxygen atoms in total. The van der Waals surface area contributed by atoms with Crippen LogP contribution in [0.2, 0.25) is 0 Å². The summed E-state index contributed by atoms with van der Waals surface area (Å²) in [5.41, 5.74) is 2.37. The molecule has 24 heavy (non-hydrogen) atoms. The molecule has 1 fully saturated rings. The largest absolute Gasteiger partial charge is 0.370 e. The number of carbonyl (C=O) groups is 1. The Labute approximate surface area is 145 Å². The van der Waals surface area contributed by atoms with Crippen molar-refractivity contribution in [2.75, 3.05) is 17.2 Å². The molecular weight excluding hydrogens is 298 g/mol. The Morgan fingerprint density at radius 2 is 2.00 bits per heavy atom. The van der Waals surface area contributed by atoms with Gasteiger partial charge in [0, 0.05) is 12.5 Å². The van der Waals surface area contributed by atoms with E-state index in [1.54, 1.807) is 11.8 Å². The van der Waals surface area contributed by atoms with Crippen molar-refractivity contribution < 1.29 is 4.79 Å². The van der Waals surface area contributed by atoms with Crippen LogP contribution in [-0.2, 0) is 4.79 Å². The van der Waals surface area contributed by atoms with E-state index in [1.807, 2.05) is 12.1 Å². The molecule has 0 aromatic carbocycles. The number of amides is 1. The molecule has 0 unspecified atom stereocenters. The molecule has 130 valence electrons. The fraction of sp³-hybridized carbons (Fsp3) is 0.600. The summed E-state index contributed by atoms with van der Waals surface area (Å²) in [5, 5.41) is 6.38. The Kier molecular flexibility index (Phi) is 6.27. The van der Waals surface area contributed by atoms with Crippen molar-refractivity contribution in [3.63, 3.8) is 0 Å². The molecule has 0 atom stereocenters. The van der Waals surface area contributed by atoms with Gasteiger partial charge in [-0.25, -0.2) is 4.98 Å². The van der Waals surface area contributed by atoms with Crippen LogP contribution in [0, 0.1) is 5.92 Å². The van der Waals surface area contributed by atoms with Gasteiger partial charge in [-0.1, -0.05) is 30.9 Å². The van der Waals surface area contributed by atoms with E-state index in [4.69, 9.17) is 0 Å². The lowest BCUT2D eigenvalue weighted by Crippen LogP contribution is -2.24. The van der Waals surface area contributed by atoms with Crippen molar-refractivity contribution in [2.45, 2.75) is 64.2 Å². The summed E-state index contributed by atoms with van der Waals surface area (Å²) in [5.74, 6) is 1.21. The third-order valence-corrected chi connectivity index (χ3v) is 5.14. The Bertz CT molecular complexity index is 559. The molecule has 2 aliphatic rings. The van der Waals surface area contributed by atoms with Gasteiger partial charge in [-0.05, 0) is 57.1 Å². The highest BCUT2D eigenvalue weighted by Gasteiger charge is 2.21. The van der Waals surface area contributed by atoms with Crippen molar-refractivity contribution in [3.05, 3.63) is 30.0 Å². The second-order valence-corrected chi connectivity index (χ2v) is 7.04. The summed E-state index contributed by atoms with van der Waals surface area (Å²) >= 11 is 0. The van der Waals surface area contributed by atoms with Crippen LogP contribution in [0.4, 0.5) is 11.5 Å². The number of anilines is 2. The number of aromatic nitrogens is 1. The van der Waals surface area contributed by atoms with E-state index < -0.39 is 0 Å². The quantitative estimate of drug-likeness (QED) is 0.730. The molecule has 0 radical (unpaired) electrons. The summed E-state index contributed by atoms with van der Waals surface area (Å²) in [7, 11) is 0. The first-order valence-corrected chi connectivity index (χ1v) is 9.50. The summed E-state index contributed by atoms with van der Waals surface area (Å²) in [6.45, 7) is 0.923. The van der Waals surface area contributed by atoms with Gasteiger partial charge in [-0.3, -0.25) is 4.79 Å². The van der Waals surface area contributed by atoms with Gasteiger partial charge in [-0.2, -0.15) is 0 Å². The minimum absolute atomic E-state index is 0.154. The van der Waals surface area contributed by atoms with Crippen molar-refractivity contribution in [3.8, 4) is 0 Å². The lowest BCUT2D eigenvalue weighted by Gasteiger charge is -2.20. The first-order chi connectivity index (χ1) is 11.8. The van der Waals surface area contributed by atoms with Gasteiger partial charge in [-0.15, -0.1) is 0 Å². The van der Waals surface area contributed by atoms with E-state index in [9.17, 15) is 4.79 Å². The third kappa shape index (κ3) is 5.08. The zero-order valence-corrected chi connectivity index (χ0v) is 14.5. The number of nitrogens with one attached hydrogen (secondary N) is 2. The van der Waals surface area contributed by atoms with E-state index in [2.05, 4.69) is 21.7 Å². The number of hydrogen-bond donors (Lipinski definition) is 2. The number of allylic oxidation sites excluding steroid dienone is 1. The highest BCUT2D eigenvalue weighted by atomic mass is 16.1. The molecule has 0 saturated heterocycles. The smallest absolute Gasteiger partial charge is 0.227 e. The molecule has 0 bridgehead atoms. The normalized spacial score (nSPS) is 18.8. The summed E-state index contributed by atoms with van der Waals surface area (Å²) in [6, 6.07) is 3.89. The van der Waals surface area contributed by atoms with Gasteiger partial charge in [0.15, 0.2) is 0 Å². The summed E-state index contributed by atoms with van der Waals surface area (Å²) in [4.78, 5) is 16.7. The van der Waals surface area contributed by atoms with Crippen LogP contribution in [-0.4, -0.2) is 17.4 Å². The predicted molar refractivity (Wildman–Crippen MR) is 99.1 cm³/mol. The third-order valence-electron chi connectivity index (χ3n) is 5.14. The number of rotatable bonds is 6. The van der Waals surface area contributed by atoms with Gasteiger partial charge in [0.1, 0.15) is 5.82 Å². The lowest BCUT2D eigenvalue weighted by atomic mass is 9.88. The standard InChI is InChI=1S/C20H29N3O/c24-20(17-9-5-2-6-10-17)23-18-11-12-19(22-15-18)21-14-13-16-7-3-1-4-8-16/h7,11-12,15,17H,1-6,8-10,13-14H2,(H,21,22)(H,23,24). The predicted octanol–water partition coefficient (Wildman–Crippen LogP) is 4.90. The molecule has 2 N–H and O–H groups in total. The first-order valence-electron chi connectivity index (χ1n) is 9.50. The zero-order valence-electron chi connectivity index (χ0n) is 14.5. The molecule has 4 heteroatoms. The fourth-order valence-electron chi connectivity index (χ4n) is 3.66. The van der Waals surface area contributed by atoms with E-state index in [-0.39, 0.29) is 11.8 Å². The minimum Gasteiger partial charge on any atom is -0.370 e. The van der Waals surface area contributed by atoms with Gasteiger partial charge < -0.3 is 10.6 Å². The number of nitrogens with zero attached hydrogens (tertiary/aromatic N) is 1. The van der Waals surface area contributed by atoms with Crippen molar-refractivity contribution in [2.24, 2.45) is 5.92 Å². The Hall–Kier alpha value is -1.84. The topological polar surface area (TPSA) is 54.0 Å².